The van der Waals surface area contributed by atoms with E-state index < -0.39 is 0 Å². The molecular formula is C15H20N2S. The third-order valence-corrected chi connectivity index (χ3v) is 4.04. The first-order valence-electron chi connectivity index (χ1n) is 6.46. The van der Waals surface area contributed by atoms with Crippen molar-refractivity contribution in [2.45, 2.75) is 27.2 Å². The molecule has 0 aliphatic carbocycles. The molecule has 0 bridgehead atoms. The number of aromatic nitrogens is 1. The Hall–Kier alpha value is -1.22. The summed E-state index contributed by atoms with van der Waals surface area (Å²) in [6, 6.07) is 3.98. The summed E-state index contributed by atoms with van der Waals surface area (Å²) >= 11 is 1.78. The van der Waals surface area contributed by atoms with Gasteiger partial charge in [0.25, 0.3) is 0 Å². The second-order valence-electron chi connectivity index (χ2n) is 4.80. The van der Waals surface area contributed by atoms with Crippen molar-refractivity contribution >= 4 is 17.4 Å². The maximum absolute atomic E-state index is 4.03. The Morgan fingerprint density at radius 1 is 1.33 bits per heavy atom. The van der Waals surface area contributed by atoms with Crippen LogP contribution in [0.5, 0.6) is 0 Å². The molecule has 0 amide bonds. The summed E-state index contributed by atoms with van der Waals surface area (Å²) < 4.78 is 0. The Morgan fingerprint density at radius 3 is 2.67 bits per heavy atom. The first kappa shape index (κ1) is 13.2. The number of rotatable bonds is 4. The van der Waals surface area contributed by atoms with Gasteiger partial charge in [0.15, 0.2) is 0 Å². The Balaban J connectivity index is 2.09. The Morgan fingerprint density at radius 2 is 2.06 bits per heavy atom. The highest BCUT2D eigenvalue weighted by Crippen LogP contribution is 2.36. The summed E-state index contributed by atoms with van der Waals surface area (Å²) in [6.07, 6.45) is 7.12. The summed E-state index contributed by atoms with van der Waals surface area (Å²) in [7, 11) is 0. The summed E-state index contributed by atoms with van der Waals surface area (Å²) in [4.78, 5) is 4.03. The summed E-state index contributed by atoms with van der Waals surface area (Å²) in [5.41, 5.74) is 2.64. The van der Waals surface area contributed by atoms with Gasteiger partial charge < -0.3 is 5.32 Å². The number of allylic oxidation sites excluding steroid dienone is 2. The number of nitrogens with zero attached hydrogens (tertiary/aromatic N) is 1. The van der Waals surface area contributed by atoms with Crippen molar-refractivity contribution in [3.8, 4) is 0 Å². The number of thioether (sulfide) groups is 1. The van der Waals surface area contributed by atoms with Crippen LogP contribution in [0.1, 0.15) is 27.2 Å². The number of hydrogen-bond acceptors (Lipinski definition) is 3. The topological polar surface area (TPSA) is 24.9 Å². The van der Waals surface area contributed by atoms with Gasteiger partial charge in [0.2, 0.25) is 0 Å². The van der Waals surface area contributed by atoms with Crippen LogP contribution in [0.25, 0.3) is 0 Å². The van der Waals surface area contributed by atoms with E-state index >= 15 is 0 Å². The molecule has 0 spiro atoms. The van der Waals surface area contributed by atoms with Crippen molar-refractivity contribution in [1.29, 1.82) is 0 Å². The van der Waals surface area contributed by atoms with Gasteiger partial charge in [0.05, 0.1) is 5.03 Å². The molecule has 2 heterocycles. The van der Waals surface area contributed by atoms with Gasteiger partial charge in [-0.1, -0.05) is 38.1 Å². The molecule has 1 aromatic heterocycles. The normalized spacial score (nSPS) is 19.4. The molecule has 2 nitrogen and oxygen atoms in total. The van der Waals surface area contributed by atoms with Gasteiger partial charge in [-0.05, 0) is 36.0 Å². The zero-order chi connectivity index (χ0) is 13.0. The van der Waals surface area contributed by atoms with Crippen LogP contribution in [-0.4, -0.2) is 4.98 Å². The highest BCUT2D eigenvalue weighted by Gasteiger charge is 2.18. The molecule has 2 rings (SSSR count). The lowest BCUT2D eigenvalue weighted by atomic mass is 9.89. The van der Waals surface area contributed by atoms with Crippen molar-refractivity contribution in [2.24, 2.45) is 11.8 Å². The fourth-order valence-corrected chi connectivity index (χ4v) is 3.23. The molecule has 1 atom stereocenters. The van der Waals surface area contributed by atoms with Crippen LogP contribution in [0.3, 0.4) is 0 Å². The second-order valence-corrected chi connectivity index (χ2v) is 5.71. The Kier molecular flexibility index (Phi) is 4.48. The lowest BCUT2D eigenvalue weighted by Gasteiger charge is -2.24. The summed E-state index contributed by atoms with van der Waals surface area (Å²) in [6.45, 7) is 6.78. The number of anilines is 1. The summed E-state index contributed by atoms with van der Waals surface area (Å²) in [5.74, 6) is 1.19. The Bertz CT molecular complexity index is 449. The predicted octanol–water partition coefficient (Wildman–Crippen LogP) is 4.65. The van der Waals surface area contributed by atoms with Crippen LogP contribution in [0.15, 0.2) is 46.6 Å². The van der Waals surface area contributed by atoms with E-state index in [4.69, 9.17) is 0 Å². The molecule has 0 saturated heterocycles. The van der Waals surface area contributed by atoms with Gasteiger partial charge in [0.1, 0.15) is 0 Å². The predicted molar refractivity (Wildman–Crippen MR) is 80.2 cm³/mol. The maximum Gasteiger partial charge on any atom is 0.0733 e. The molecular weight excluding hydrogens is 240 g/mol. The van der Waals surface area contributed by atoms with Crippen molar-refractivity contribution in [3.05, 3.63) is 46.6 Å². The molecule has 0 aromatic carbocycles. The number of hydrogen-bond donors (Lipinski definition) is 1. The molecule has 3 heteroatoms. The van der Waals surface area contributed by atoms with Crippen LogP contribution in [0.4, 0.5) is 5.69 Å². The van der Waals surface area contributed by atoms with Crippen molar-refractivity contribution < 1.29 is 0 Å². The number of nitrogens with one attached hydrogen (secondary N) is 1. The van der Waals surface area contributed by atoms with Crippen molar-refractivity contribution in [2.75, 3.05) is 5.32 Å². The van der Waals surface area contributed by atoms with E-state index in [0.29, 0.717) is 11.8 Å². The third-order valence-electron chi connectivity index (χ3n) is 3.16. The van der Waals surface area contributed by atoms with Crippen LogP contribution in [-0.2, 0) is 0 Å². The fourth-order valence-electron chi connectivity index (χ4n) is 2.10. The first-order chi connectivity index (χ1) is 8.70. The van der Waals surface area contributed by atoms with E-state index in [-0.39, 0.29) is 0 Å². The van der Waals surface area contributed by atoms with Gasteiger partial charge in [-0.3, -0.25) is 4.98 Å². The monoisotopic (exact) mass is 260 g/mol. The van der Waals surface area contributed by atoms with E-state index in [0.717, 1.165) is 12.1 Å². The van der Waals surface area contributed by atoms with Gasteiger partial charge in [-0.2, -0.15) is 0 Å². The molecule has 18 heavy (non-hydrogen) atoms. The zero-order valence-electron chi connectivity index (χ0n) is 11.2. The lowest BCUT2D eigenvalue weighted by molar-refractivity contribution is 0.613. The molecule has 1 aromatic rings. The Labute approximate surface area is 114 Å². The largest absolute Gasteiger partial charge is 0.350 e. The van der Waals surface area contributed by atoms with Crippen LogP contribution in [0, 0.1) is 11.8 Å². The molecule has 0 fully saturated rings. The standard InChI is InChI=1S/C15H20N2S/c1-4-12-9-15(18-10-14(12)11(2)3)17-13-5-7-16-8-6-13/h5-12H,4H2,1-3H3,(H,16,17). The minimum Gasteiger partial charge on any atom is -0.350 e. The lowest BCUT2D eigenvalue weighted by Crippen LogP contribution is -2.11. The van der Waals surface area contributed by atoms with Crippen LogP contribution < -0.4 is 5.32 Å². The van der Waals surface area contributed by atoms with Crippen LogP contribution >= 0.6 is 11.8 Å². The van der Waals surface area contributed by atoms with E-state index in [9.17, 15) is 0 Å². The van der Waals surface area contributed by atoms with Gasteiger partial charge in [-0.25, -0.2) is 0 Å². The zero-order valence-corrected chi connectivity index (χ0v) is 12.0. The highest BCUT2D eigenvalue weighted by molar-refractivity contribution is 8.06. The van der Waals surface area contributed by atoms with Crippen molar-refractivity contribution in [3.63, 3.8) is 0 Å². The van der Waals surface area contributed by atoms with Gasteiger partial charge in [-0.15, -0.1) is 0 Å². The molecule has 0 saturated carbocycles. The van der Waals surface area contributed by atoms with E-state index in [1.54, 1.807) is 17.3 Å². The molecule has 0 radical (unpaired) electrons. The number of pyridine rings is 1. The van der Waals surface area contributed by atoms with Crippen molar-refractivity contribution in [1.82, 2.24) is 4.98 Å². The van der Waals surface area contributed by atoms with Gasteiger partial charge >= 0.3 is 0 Å². The molecule has 96 valence electrons. The minimum atomic E-state index is 0.565. The summed E-state index contributed by atoms with van der Waals surface area (Å²) in [5, 5.41) is 6.97. The SMILES string of the molecule is CCC1C=C(Nc2ccncc2)SC=C1C(C)C. The van der Waals surface area contributed by atoms with E-state index in [1.165, 1.54) is 5.03 Å². The fraction of sp³-hybridized carbons (Fsp3) is 0.400. The third kappa shape index (κ3) is 3.16. The van der Waals surface area contributed by atoms with Crippen LogP contribution in [0.2, 0.25) is 0 Å². The first-order valence-corrected chi connectivity index (χ1v) is 7.34. The maximum atomic E-state index is 4.03. The molecule has 1 aliphatic heterocycles. The average Bonchev–Trinajstić information content (AvgIpc) is 2.39. The van der Waals surface area contributed by atoms with E-state index in [1.807, 2.05) is 24.5 Å². The smallest absolute Gasteiger partial charge is 0.0733 e. The molecule has 1 N–H and O–H groups in total. The van der Waals surface area contributed by atoms with Gasteiger partial charge in [0, 0.05) is 24.0 Å². The molecule has 1 aliphatic rings. The average molecular weight is 260 g/mol. The highest BCUT2D eigenvalue weighted by atomic mass is 32.2. The quantitative estimate of drug-likeness (QED) is 0.853. The second kappa shape index (κ2) is 6.10. The minimum absolute atomic E-state index is 0.565. The molecule has 1 unspecified atom stereocenters. The van der Waals surface area contributed by atoms with E-state index in [2.05, 4.69) is 42.6 Å².